The normalized spacial score (nSPS) is 11.4. The maximum absolute atomic E-state index is 11.9. The lowest BCUT2D eigenvalue weighted by atomic mass is 10.1. The molecule has 0 heterocycles. The molecule has 0 aromatic heterocycles. The maximum Gasteiger partial charge on any atom is 0.338 e. The van der Waals surface area contributed by atoms with Crippen LogP contribution >= 0.6 is 22.6 Å². The van der Waals surface area contributed by atoms with Gasteiger partial charge in [-0.05, 0) is 44.9 Å². The predicted octanol–water partition coefficient (Wildman–Crippen LogP) is 3.98. The van der Waals surface area contributed by atoms with Crippen LogP contribution in [0, 0.1) is 0 Å². The summed E-state index contributed by atoms with van der Waals surface area (Å²) in [7, 11) is 0. The summed E-state index contributed by atoms with van der Waals surface area (Å²) in [4.78, 5) is 11.9. The summed E-state index contributed by atoms with van der Waals surface area (Å²) in [5, 5.41) is 0. The van der Waals surface area contributed by atoms with Gasteiger partial charge < -0.3 is 9.47 Å². The summed E-state index contributed by atoms with van der Waals surface area (Å²) < 4.78 is 12.0. The topological polar surface area (TPSA) is 35.5 Å². The molecule has 0 unspecified atom stereocenters. The van der Waals surface area contributed by atoms with Gasteiger partial charge in [0.25, 0.3) is 0 Å². The third-order valence-corrected chi connectivity index (χ3v) is 3.02. The zero-order valence-electron chi connectivity index (χ0n) is 11.7. The van der Waals surface area contributed by atoms with E-state index in [0.29, 0.717) is 12.2 Å². The molecule has 0 fully saturated rings. The van der Waals surface area contributed by atoms with Gasteiger partial charge in [0.2, 0.25) is 0 Å². The first-order valence-corrected chi connectivity index (χ1v) is 7.91. The zero-order valence-corrected chi connectivity index (χ0v) is 13.9. The van der Waals surface area contributed by atoms with Crippen LogP contribution in [0.25, 0.3) is 0 Å². The molecule has 0 aliphatic carbocycles. The fourth-order valence-electron chi connectivity index (χ4n) is 1.47. The molecule has 0 radical (unpaired) electrons. The molecule has 4 heteroatoms. The van der Waals surface area contributed by atoms with Gasteiger partial charge in [0.05, 0.1) is 12.2 Å². The van der Waals surface area contributed by atoms with Crippen LogP contribution in [-0.2, 0) is 16.1 Å². The highest BCUT2D eigenvalue weighted by molar-refractivity contribution is 14.1. The number of halogens is 1. The van der Waals surface area contributed by atoms with E-state index >= 15 is 0 Å². The highest BCUT2D eigenvalue weighted by Crippen LogP contribution is 2.14. The number of rotatable bonds is 6. The van der Waals surface area contributed by atoms with E-state index in [2.05, 4.69) is 22.6 Å². The molecule has 0 saturated carbocycles. The average Bonchev–Trinajstić information content (AvgIpc) is 2.33. The molecule has 0 saturated heterocycles. The Morgan fingerprint density at radius 3 is 2.68 bits per heavy atom. The highest BCUT2D eigenvalue weighted by Gasteiger charge is 2.17. The van der Waals surface area contributed by atoms with Crippen molar-refractivity contribution in [3.8, 4) is 0 Å². The molecule has 0 bridgehead atoms. The van der Waals surface area contributed by atoms with Crippen molar-refractivity contribution in [2.75, 3.05) is 11.0 Å². The molecular formula is C15H21IO3. The van der Waals surface area contributed by atoms with Gasteiger partial charge in [-0.3, -0.25) is 0 Å². The van der Waals surface area contributed by atoms with Crippen LogP contribution in [0.2, 0.25) is 0 Å². The molecule has 0 amide bonds. The molecule has 106 valence electrons. The van der Waals surface area contributed by atoms with Crippen molar-refractivity contribution in [1.82, 2.24) is 0 Å². The summed E-state index contributed by atoms with van der Waals surface area (Å²) in [6.45, 7) is 6.87. The van der Waals surface area contributed by atoms with Crippen molar-refractivity contribution in [3.05, 3.63) is 35.4 Å². The van der Waals surface area contributed by atoms with Crippen LogP contribution in [0.3, 0.4) is 0 Å². The lowest BCUT2D eigenvalue weighted by Crippen LogP contribution is -2.23. The molecule has 3 nitrogen and oxygen atoms in total. The number of hydrogen-bond donors (Lipinski definition) is 0. The van der Waals surface area contributed by atoms with Crippen molar-refractivity contribution in [1.29, 1.82) is 0 Å². The van der Waals surface area contributed by atoms with Crippen LogP contribution in [0.4, 0.5) is 0 Å². The maximum atomic E-state index is 11.9. The number of esters is 1. The molecule has 1 aromatic rings. The number of carbonyl (C=O) groups is 1. The second-order valence-electron chi connectivity index (χ2n) is 5.30. The zero-order chi connectivity index (χ0) is 14.3. The second kappa shape index (κ2) is 7.85. The van der Waals surface area contributed by atoms with Crippen LogP contribution < -0.4 is 0 Å². The Kier molecular flexibility index (Phi) is 6.79. The molecule has 19 heavy (non-hydrogen) atoms. The highest BCUT2D eigenvalue weighted by atomic mass is 127. The quantitative estimate of drug-likeness (QED) is 0.326. The minimum atomic E-state index is -0.468. The predicted molar refractivity (Wildman–Crippen MR) is 84.8 cm³/mol. The standard InChI is InChI=1S/C15H21IO3/c1-15(2,3)19-14(17)13-7-4-6-12(10-13)11-18-9-5-8-16/h4,6-7,10H,5,8-9,11H2,1-3H3. The van der Waals surface area contributed by atoms with Gasteiger partial charge in [0.15, 0.2) is 0 Å². The number of ether oxygens (including phenoxy) is 2. The molecule has 0 aliphatic rings. The summed E-state index contributed by atoms with van der Waals surface area (Å²) in [6, 6.07) is 7.41. The van der Waals surface area contributed by atoms with Gasteiger partial charge in [-0.1, -0.05) is 34.7 Å². The first-order valence-electron chi connectivity index (χ1n) is 6.38. The van der Waals surface area contributed by atoms with E-state index in [1.54, 1.807) is 6.07 Å². The number of hydrogen-bond acceptors (Lipinski definition) is 3. The number of alkyl halides is 1. The molecule has 0 spiro atoms. The second-order valence-corrected chi connectivity index (χ2v) is 6.38. The van der Waals surface area contributed by atoms with Crippen LogP contribution in [0.1, 0.15) is 43.1 Å². The van der Waals surface area contributed by atoms with Gasteiger partial charge in [-0.2, -0.15) is 0 Å². The van der Waals surface area contributed by atoms with Gasteiger partial charge in [-0.25, -0.2) is 4.79 Å². The molecule has 0 aliphatic heterocycles. The van der Waals surface area contributed by atoms with Crippen LogP contribution in [-0.4, -0.2) is 22.6 Å². The summed E-state index contributed by atoms with van der Waals surface area (Å²) in [6.07, 6.45) is 1.05. The lowest BCUT2D eigenvalue weighted by Gasteiger charge is -2.19. The van der Waals surface area contributed by atoms with E-state index in [1.807, 2.05) is 39.0 Å². The van der Waals surface area contributed by atoms with Gasteiger partial charge in [0, 0.05) is 11.0 Å². The smallest absolute Gasteiger partial charge is 0.338 e. The fraction of sp³-hybridized carbons (Fsp3) is 0.533. The molecule has 0 atom stereocenters. The van der Waals surface area contributed by atoms with Gasteiger partial charge in [0.1, 0.15) is 5.60 Å². The minimum Gasteiger partial charge on any atom is -0.456 e. The Balaban J connectivity index is 2.58. The van der Waals surface area contributed by atoms with Crippen molar-refractivity contribution in [3.63, 3.8) is 0 Å². The van der Waals surface area contributed by atoms with Crippen LogP contribution in [0.5, 0.6) is 0 Å². The monoisotopic (exact) mass is 376 g/mol. The molecular weight excluding hydrogens is 355 g/mol. The lowest BCUT2D eigenvalue weighted by molar-refractivity contribution is 0.00692. The summed E-state index contributed by atoms with van der Waals surface area (Å²) in [5.41, 5.74) is 1.10. The van der Waals surface area contributed by atoms with E-state index in [1.165, 1.54) is 0 Å². The van der Waals surface area contributed by atoms with E-state index in [9.17, 15) is 4.79 Å². The van der Waals surface area contributed by atoms with Gasteiger partial charge >= 0.3 is 5.97 Å². The van der Waals surface area contributed by atoms with E-state index in [4.69, 9.17) is 9.47 Å². The summed E-state index contributed by atoms with van der Waals surface area (Å²) >= 11 is 2.33. The Labute approximate surface area is 128 Å². The van der Waals surface area contributed by atoms with Gasteiger partial charge in [-0.15, -0.1) is 0 Å². The third kappa shape index (κ3) is 6.92. The third-order valence-electron chi connectivity index (χ3n) is 2.25. The SMILES string of the molecule is CC(C)(C)OC(=O)c1cccc(COCCCI)c1. The van der Waals surface area contributed by atoms with Crippen molar-refractivity contribution in [2.24, 2.45) is 0 Å². The Morgan fingerprint density at radius 1 is 1.32 bits per heavy atom. The van der Waals surface area contributed by atoms with E-state index in [0.717, 1.165) is 23.0 Å². The van der Waals surface area contributed by atoms with E-state index < -0.39 is 5.60 Å². The molecule has 1 rings (SSSR count). The largest absolute Gasteiger partial charge is 0.456 e. The molecule has 1 aromatic carbocycles. The number of benzene rings is 1. The first kappa shape index (κ1) is 16.4. The minimum absolute atomic E-state index is 0.290. The van der Waals surface area contributed by atoms with Crippen molar-refractivity contribution in [2.45, 2.75) is 39.4 Å². The Hall–Kier alpha value is -0.620. The average molecular weight is 376 g/mol. The Bertz CT molecular complexity index is 410. The number of carbonyl (C=O) groups excluding carboxylic acids is 1. The van der Waals surface area contributed by atoms with Crippen LogP contribution in [0.15, 0.2) is 24.3 Å². The Morgan fingerprint density at radius 2 is 2.05 bits per heavy atom. The van der Waals surface area contributed by atoms with Crippen molar-refractivity contribution < 1.29 is 14.3 Å². The van der Waals surface area contributed by atoms with Crippen molar-refractivity contribution >= 4 is 28.6 Å². The first-order chi connectivity index (χ1) is 8.92. The fourth-order valence-corrected chi connectivity index (χ4v) is 1.78. The van der Waals surface area contributed by atoms with E-state index in [-0.39, 0.29) is 5.97 Å². The molecule has 0 N–H and O–H groups in total. The summed E-state index contributed by atoms with van der Waals surface area (Å²) in [5.74, 6) is -0.290.